The average Bonchev–Trinajstić information content (AvgIpc) is 1.73. The summed E-state index contributed by atoms with van der Waals surface area (Å²) in [5.74, 6) is -0.534. The van der Waals surface area contributed by atoms with Crippen LogP contribution >= 0.6 is 0 Å². The minimum atomic E-state index is -0.609. The van der Waals surface area contributed by atoms with Gasteiger partial charge in [0.1, 0.15) is 17.5 Å². The Kier molecular flexibility index (Phi) is 18.4. The summed E-state index contributed by atoms with van der Waals surface area (Å²) in [6, 6.07) is 12.4. The second-order valence-electron chi connectivity index (χ2n) is 25.2. The van der Waals surface area contributed by atoms with E-state index >= 15 is 0 Å². The fourth-order valence-corrected chi connectivity index (χ4v) is 11.8. The molecule has 9 heterocycles. The van der Waals surface area contributed by atoms with E-state index in [9.17, 15) is 27.6 Å². The van der Waals surface area contributed by atoms with Crippen molar-refractivity contribution in [3.63, 3.8) is 0 Å². The maximum atomic E-state index is 13.9. The van der Waals surface area contributed by atoms with Crippen LogP contribution < -0.4 is 59.3 Å². The lowest BCUT2D eigenvalue weighted by molar-refractivity contribution is 0.101. The highest BCUT2D eigenvalue weighted by Crippen LogP contribution is 2.34. The van der Waals surface area contributed by atoms with Crippen molar-refractivity contribution in [2.75, 3.05) is 47.9 Å². The van der Waals surface area contributed by atoms with Crippen LogP contribution in [0.25, 0.3) is 16.9 Å². The molecule has 9 aromatic rings. The smallest absolute Gasteiger partial charge is 0.276 e. The first-order chi connectivity index (χ1) is 45.2. The molecule has 6 saturated carbocycles. The van der Waals surface area contributed by atoms with Gasteiger partial charge in [-0.3, -0.25) is 29.3 Å². The van der Waals surface area contributed by atoms with Crippen molar-refractivity contribution < 1.29 is 27.6 Å². The Morgan fingerprint density at radius 1 is 0.419 bits per heavy atom. The summed E-state index contributed by atoms with van der Waals surface area (Å²) in [6.07, 6.45) is 31.2. The molecule has 3 amide bonds. The van der Waals surface area contributed by atoms with E-state index in [4.69, 9.17) is 11.5 Å². The minimum Gasteiger partial charge on any atom is -0.379 e. The van der Waals surface area contributed by atoms with Crippen molar-refractivity contribution in [2.24, 2.45) is 17.4 Å². The van der Waals surface area contributed by atoms with Gasteiger partial charge >= 0.3 is 0 Å². The summed E-state index contributed by atoms with van der Waals surface area (Å²) in [7, 11) is 0. The average molecular weight is 1270 g/mol. The molecule has 2 atom stereocenters. The molecule has 13 N–H and O–H groups in total. The summed E-state index contributed by atoms with van der Waals surface area (Å²) in [4.78, 5) is 63.0. The van der Waals surface area contributed by atoms with Crippen molar-refractivity contribution in [1.82, 2.24) is 58.7 Å². The third-order valence-corrected chi connectivity index (χ3v) is 17.6. The fourth-order valence-electron chi connectivity index (χ4n) is 11.8. The zero-order chi connectivity index (χ0) is 64.1. The first kappa shape index (κ1) is 62.1. The predicted octanol–water partition coefficient (Wildman–Crippen LogP) is 9.62. The van der Waals surface area contributed by atoms with Gasteiger partial charge in [0.2, 0.25) is 0 Å². The monoisotopic (exact) mass is 1270 g/mol. The Morgan fingerprint density at radius 3 is 1.11 bits per heavy atom. The number of anilines is 9. The minimum absolute atomic E-state index is 0.0498. The van der Waals surface area contributed by atoms with Crippen molar-refractivity contribution >= 4 is 86.2 Å². The maximum Gasteiger partial charge on any atom is 0.276 e. The first-order valence-corrected chi connectivity index (χ1v) is 32.2. The van der Waals surface area contributed by atoms with Crippen LogP contribution in [-0.4, -0.2) is 125 Å². The van der Waals surface area contributed by atoms with Gasteiger partial charge in [-0.05, 0) is 127 Å². The molecule has 0 bridgehead atoms. The van der Waals surface area contributed by atoms with E-state index in [-0.39, 0.29) is 58.3 Å². The number of halogens is 3. The molecule has 29 heteroatoms. The lowest BCUT2D eigenvalue weighted by Crippen LogP contribution is -2.42. The molecule has 6 aliphatic carbocycles. The molecule has 0 spiro atoms. The Hall–Kier alpha value is -9.77. The zero-order valence-corrected chi connectivity index (χ0v) is 51.5. The quantitative estimate of drug-likeness (QED) is 0.0381. The third kappa shape index (κ3) is 15.3. The molecule has 26 nitrogen and oxygen atoms in total. The van der Waals surface area contributed by atoms with E-state index in [0.29, 0.717) is 58.6 Å². The van der Waals surface area contributed by atoms with Gasteiger partial charge in [-0.2, -0.15) is 0 Å². The SMILES string of the molecule is CC1CCC(Nc2cc(NC3CC3)c3ncc(C(=O)Nc4ccncc4F)n3n2)CC1.NC1CCC(Nc2cc(NC3CC3)c3ncc(C(=O)Nc4ccncc4F)n3n2)CC1.N[C@H]1CCCC[C@@H]1Nc1cc(NC2CC2)c2ncc(C(=O)Nc3ccncc3F)n2n1. The number of imidazole rings is 3. The number of carbonyl (C=O) groups is 3. The predicted molar refractivity (Wildman–Crippen MR) is 348 cm³/mol. The van der Waals surface area contributed by atoms with Crippen LogP contribution in [0.3, 0.4) is 0 Å². The van der Waals surface area contributed by atoms with Crippen LogP contribution in [0.1, 0.15) is 154 Å². The Labute approximate surface area is 533 Å². The Balaban J connectivity index is 0.000000127. The van der Waals surface area contributed by atoms with Crippen LogP contribution in [0.15, 0.2) is 92.2 Å². The Morgan fingerprint density at radius 2 is 0.753 bits per heavy atom. The second kappa shape index (κ2) is 27.6. The van der Waals surface area contributed by atoms with E-state index < -0.39 is 35.2 Å². The number of hydrogen-bond donors (Lipinski definition) is 11. The largest absolute Gasteiger partial charge is 0.379 e. The number of fused-ring (bicyclic) bond motifs is 3. The number of hydrogen-bond acceptors (Lipinski definition) is 20. The lowest BCUT2D eigenvalue weighted by atomic mass is 9.87. The molecule has 0 aromatic carbocycles. The van der Waals surface area contributed by atoms with Crippen molar-refractivity contribution in [3.8, 4) is 0 Å². The standard InChI is InChI=1S/C22H26FN7O.2C21H25FN8O/c1-13-2-4-15(5-3-13)27-20-10-18(26-14-6-7-14)21-25-12-19(30(21)29-20)22(31)28-17-8-9-24-11-16(17)23;22-15-10-24-8-7-16(15)28-21(31)18-11-25-20-17(26-13-5-6-13)9-19(29-30(18)20)27-14-3-1-12(23)2-4-14;22-13-10-24-8-7-15(13)28-21(31)18-11-25-20-17(26-12-5-6-12)9-19(29-30(18)20)27-16-4-2-1-3-14(16)23/h8-15,26H,2-7H2,1H3,(H,27,29)(H,24,28,31);7-14,26H,1-6,23H2,(H,27,29)(H,24,28,31);7-12,14,16,26H,1-6,23H2,(H,27,29)(H,24,28,31)/t;;14-,16-/m..0/s1. The van der Waals surface area contributed by atoms with Crippen LogP contribution in [0, 0.1) is 23.4 Å². The van der Waals surface area contributed by atoms with Gasteiger partial charge in [0.25, 0.3) is 17.7 Å². The van der Waals surface area contributed by atoms with E-state index in [1.54, 1.807) is 0 Å². The normalized spacial score (nSPS) is 21.1. The molecule has 6 fully saturated rings. The molecule has 6 aliphatic rings. The van der Waals surface area contributed by atoms with E-state index in [1.807, 2.05) is 18.2 Å². The van der Waals surface area contributed by atoms with Gasteiger partial charge in [0.15, 0.2) is 51.5 Å². The maximum absolute atomic E-state index is 13.9. The van der Waals surface area contributed by atoms with Gasteiger partial charge in [-0.25, -0.2) is 41.7 Å². The van der Waals surface area contributed by atoms with Crippen molar-refractivity contribution in [1.29, 1.82) is 0 Å². The number of aromatic nitrogens is 12. The molecule has 486 valence electrons. The molecular weight excluding hydrogens is 1200 g/mol. The summed E-state index contributed by atoms with van der Waals surface area (Å²) >= 11 is 0. The topological polar surface area (TPSA) is 341 Å². The van der Waals surface area contributed by atoms with Crippen LogP contribution in [0.4, 0.5) is 64.7 Å². The molecule has 0 saturated heterocycles. The van der Waals surface area contributed by atoms with Crippen molar-refractivity contribution in [2.45, 2.75) is 171 Å². The van der Waals surface area contributed by atoms with E-state index in [2.05, 4.69) is 100.0 Å². The molecule has 15 rings (SSSR count). The second-order valence-corrected chi connectivity index (χ2v) is 25.2. The van der Waals surface area contributed by atoms with E-state index in [1.165, 1.54) is 81.8 Å². The molecule has 93 heavy (non-hydrogen) atoms. The van der Waals surface area contributed by atoms with Crippen molar-refractivity contribution in [3.05, 3.63) is 127 Å². The first-order valence-electron chi connectivity index (χ1n) is 32.2. The number of nitrogens with two attached hydrogens (primary N) is 2. The number of nitrogens with one attached hydrogen (secondary N) is 9. The van der Waals surface area contributed by atoms with Crippen LogP contribution in [0.5, 0.6) is 0 Å². The molecule has 9 aromatic heterocycles. The summed E-state index contributed by atoms with van der Waals surface area (Å²) < 4.78 is 46.3. The number of amides is 3. The summed E-state index contributed by atoms with van der Waals surface area (Å²) in [5, 5.41) is 42.5. The fraction of sp³-hybridized carbons (Fsp3) is 0.438. The Bertz CT molecular complexity index is 3980. The van der Waals surface area contributed by atoms with Gasteiger partial charge < -0.3 is 59.3 Å². The van der Waals surface area contributed by atoms with Gasteiger partial charge in [0, 0.05) is 85.1 Å². The van der Waals surface area contributed by atoms with Crippen LogP contribution in [-0.2, 0) is 0 Å². The molecule has 0 unspecified atom stereocenters. The highest BCUT2D eigenvalue weighted by atomic mass is 19.1. The highest BCUT2D eigenvalue weighted by molar-refractivity contribution is 6.05. The van der Waals surface area contributed by atoms with Crippen LogP contribution in [0.2, 0.25) is 0 Å². The van der Waals surface area contributed by atoms with Gasteiger partial charge in [-0.1, -0.05) is 19.8 Å². The molecule has 0 radical (unpaired) electrons. The molecule has 0 aliphatic heterocycles. The summed E-state index contributed by atoms with van der Waals surface area (Å²) in [6.45, 7) is 2.29. The highest BCUT2D eigenvalue weighted by Gasteiger charge is 2.30. The third-order valence-electron chi connectivity index (χ3n) is 17.6. The zero-order valence-electron chi connectivity index (χ0n) is 51.5. The molecular formula is C64H76F3N23O3. The lowest BCUT2D eigenvalue weighted by Gasteiger charge is -2.29. The number of carbonyl (C=O) groups excluding carboxylic acids is 3. The van der Waals surface area contributed by atoms with Gasteiger partial charge in [0.05, 0.1) is 71.3 Å². The van der Waals surface area contributed by atoms with Gasteiger partial charge in [-0.15, -0.1) is 15.3 Å². The summed E-state index contributed by atoms with van der Waals surface area (Å²) in [5.41, 5.74) is 17.3. The number of rotatable bonds is 18. The van der Waals surface area contributed by atoms with E-state index in [0.717, 1.165) is 144 Å². The number of pyridine rings is 3. The number of nitrogens with zero attached hydrogens (tertiary/aromatic N) is 12.